The molecular formula is C16H21F2NO3. The highest BCUT2D eigenvalue weighted by atomic mass is 19.1. The van der Waals surface area contributed by atoms with Gasteiger partial charge < -0.3 is 15.5 Å². The summed E-state index contributed by atoms with van der Waals surface area (Å²) in [5, 5.41) is 20.4. The first-order valence-electron chi connectivity index (χ1n) is 7.56. The van der Waals surface area contributed by atoms with Gasteiger partial charge in [-0.25, -0.2) is 8.78 Å². The summed E-state index contributed by atoms with van der Waals surface area (Å²) in [6.45, 7) is 0.890. The van der Waals surface area contributed by atoms with Gasteiger partial charge in [0.05, 0.1) is 12.0 Å². The third-order valence-electron chi connectivity index (χ3n) is 4.15. The first-order valence-corrected chi connectivity index (χ1v) is 7.56. The van der Waals surface area contributed by atoms with Crippen molar-refractivity contribution in [2.75, 3.05) is 6.54 Å². The number of halogens is 2. The highest BCUT2D eigenvalue weighted by Crippen LogP contribution is 2.26. The van der Waals surface area contributed by atoms with Crippen LogP contribution in [0, 0.1) is 17.6 Å². The van der Waals surface area contributed by atoms with Gasteiger partial charge >= 0.3 is 5.97 Å². The van der Waals surface area contributed by atoms with Crippen LogP contribution in [0.4, 0.5) is 8.78 Å². The molecule has 1 aromatic carbocycles. The zero-order chi connectivity index (χ0) is 16.1. The quantitative estimate of drug-likeness (QED) is 0.785. The van der Waals surface area contributed by atoms with E-state index in [0.717, 1.165) is 25.5 Å². The van der Waals surface area contributed by atoms with Gasteiger partial charge in [-0.05, 0) is 56.8 Å². The Morgan fingerprint density at radius 2 is 2.00 bits per heavy atom. The molecule has 0 bridgehead atoms. The van der Waals surface area contributed by atoms with Gasteiger partial charge in [0, 0.05) is 11.6 Å². The summed E-state index contributed by atoms with van der Waals surface area (Å²) in [5.41, 5.74) is 0.456. The second-order valence-electron chi connectivity index (χ2n) is 5.82. The summed E-state index contributed by atoms with van der Waals surface area (Å²) in [5.74, 6) is -1.75. The van der Waals surface area contributed by atoms with Gasteiger partial charge in [0.15, 0.2) is 0 Å². The molecule has 122 valence electrons. The van der Waals surface area contributed by atoms with Crippen LogP contribution in [0.2, 0.25) is 0 Å². The number of carboxylic acid groups (broad SMARTS) is 1. The standard InChI is InChI=1S/C10H11F2N.C6H10O3/c11-7-3-4-9(12)8(6-7)10-2-1-5-13-10;7-5-2-1-4(3-5)6(8)9/h3-4,6,10,13H,1-2,5H2;4-5,7H,1-3H2,(H,8,9)/t;4-,5+/m.0/s1. The molecule has 22 heavy (non-hydrogen) atoms. The molecule has 0 spiro atoms. The van der Waals surface area contributed by atoms with Gasteiger partial charge in [-0.15, -0.1) is 0 Å². The molecule has 0 amide bonds. The predicted molar refractivity (Wildman–Crippen MR) is 77.3 cm³/mol. The third-order valence-corrected chi connectivity index (χ3v) is 4.15. The average Bonchev–Trinajstić information content (AvgIpc) is 3.13. The normalized spacial score (nSPS) is 27.3. The molecule has 3 rings (SSSR count). The molecule has 2 aliphatic rings. The number of carbonyl (C=O) groups is 1. The number of aliphatic hydroxyl groups excluding tert-OH is 1. The molecule has 1 heterocycles. The Kier molecular flexibility index (Phi) is 5.85. The second kappa shape index (κ2) is 7.65. The summed E-state index contributed by atoms with van der Waals surface area (Å²) in [7, 11) is 0. The summed E-state index contributed by atoms with van der Waals surface area (Å²) < 4.78 is 26.0. The van der Waals surface area contributed by atoms with Crippen molar-refractivity contribution in [1.29, 1.82) is 0 Å². The van der Waals surface area contributed by atoms with E-state index in [1.807, 2.05) is 0 Å². The maximum atomic E-state index is 13.2. The van der Waals surface area contributed by atoms with Crippen molar-refractivity contribution < 1.29 is 23.8 Å². The SMILES string of the molecule is Fc1ccc(F)c(C2CCCN2)c1.O=C(O)[C@H]1CC[C@@H](O)C1. The Balaban J connectivity index is 0.000000172. The topological polar surface area (TPSA) is 69.6 Å². The smallest absolute Gasteiger partial charge is 0.306 e. The maximum absolute atomic E-state index is 13.2. The minimum atomic E-state index is -0.772. The molecule has 2 fully saturated rings. The van der Waals surface area contributed by atoms with Crippen LogP contribution in [-0.2, 0) is 4.79 Å². The number of nitrogens with one attached hydrogen (secondary N) is 1. The van der Waals surface area contributed by atoms with E-state index >= 15 is 0 Å². The van der Waals surface area contributed by atoms with Crippen molar-refractivity contribution in [1.82, 2.24) is 5.32 Å². The zero-order valence-corrected chi connectivity index (χ0v) is 12.3. The summed E-state index contributed by atoms with van der Waals surface area (Å²) in [6.07, 6.45) is 3.27. The van der Waals surface area contributed by atoms with Gasteiger partial charge in [-0.3, -0.25) is 4.79 Å². The van der Waals surface area contributed by atoms with E-state index < -0.39 is 5.97 Å². The van der Waals surface area contributed by atoms with Crippen molar-refractivity contribution in [3.05, 3.63) is 35.4 Å². The van der Waals surface area contributed by atoms with E-state index in [2.05, 4.69) is 5.32 Å². The fraction of sp³-hybridized carbons (Fsp3) is 0.562. The number of hydrogen-bond donors (Lipinski definition) is 3. The molecule has 0 radical (unpaired) electrons. The van der Waals surface area contributed by atoms with Crippen LogP contribution in [0.25, 0.3) is 0 Å². The number of rotatable bonds is 2. The van der Waals surface area contributed by atoms with Crippen LogP contribution < -0.4 is 5.32 Å². The lowest BCUT2D eigenvalue weighted by atomic mass is 10.0. The van der Waals surface area contributed by atoms with E-state index in [-0.39, 0.29) is 29.7 Å². The number of aliphatic hydroxyl groups is 1. The number of benzene rings is 1. The molecular weight excluding hydrogens is 292 g/mol. The molecule has 1 aromatic rings. The van der Waals surface area contributed by atoms with Crippen LogP contribution in [0.3, 0.4) is 0 Å². The molecule has 3 N–H and O–H groups in total. The van der Waals surface area contributed by atoms with Crippen LogP contribution in [-0.4, -0.2) is 28.8 Å². The highest BCUT2D eigenvalue weighted by molar-refractivity contribution is 5.70. The van der Waals surface area contributed by atoms with Crippen molar-refractivity contribution in [3.8, 4) is 0 Å². The second-order valence-corrected chi connectivity index (χ2v) is 5.82. The molecule has 3 atom stereocenters. The van der Waals surface area contributed by atoms with Gasteiger partial charge in [0.1, 0.15) is 11.6 Å². The maximum Gasteiger partial charge on any atom is 0.306 e. The minimum Gasteiger partial charge on any atom is -0.481 e. The Morgan fingerprint density at radius 1 is 1.23 bits per heavy atom. The number of carboxylic acids is 1. The van der Waals surface area contributed by atoms with E-state index in [1.165, 1.54) is 12.1 Å². The van der Waals surface area contributed by atoms with Gasteiger partial charge in [0.2, 0.25) is 0 Å². The Morgan fingerprint density at radius 3 is 2.50 bits per heavy atom. The van der Waals surface area contributed by atoms with Crippen LogP contribution in [0.5, 0.6) is 0 Å². The van der Waals surface area contributed by atoms with Crippen molar-refractivity contribution >= 4 is 5.97 Å². The summed E-state index contributed by atoms with van der Waals surface area (Å²) >= 11 is 0. The molecule has 1 aliphatic carbocycles. The lowest BCUT2D eigenvalue weighted by Gasteiger charge is -2.11. The average molecular weight is 313 g/mol. The molecule has 1 saturated heterocycles. The Bertz CT molecular complexity index is 518. The molecule has 1 aliphatic heterocycles. The Labute approximate surface area is 128 Å². The predicted octanol–water partition coefficient (Wildman–Crippen LogP) is 2.62. The van der Waals surface area contributed by atoms with Crippen molar-refractivity contribution in [2.24, 2.45) is 5.92 Å². The largest absolute Gasteiger partial charge is 0.481 e. The number of aliphatic carboxylic acids is 1. The molecule has 0 aromatic heterocycles. The van der Waals surface area contributed by atoms with Crippen molar-refractivity contribution in [3.63, 3.8) is 0 Å². The summed E-state index contributed by atoms with van der Waals surface area (Å²) in [4.78, 5) is 10.2. The lowest BCUT2D eigenvalue weighted by molar-refractivity contribution is -0.141. The molecule has 6 heteroatoms. The fourth-order valence-corrected chi connectivity index (χ4v) is 2.91. The van der Waals surface area contributed by atoms with E-state index in [0.29, 0.717) is 24.8 Å². The zero-order valence-electron chi connectivity index (χ0n) is 12.3. The monoisotopic (exact) mass is 313 g/mol. The lowest BCUT2D eigenvalue weighted by Crippen LogP contribution is -2.14. The van der Waals surface area contributed by atoms with Gasteiger partial charge in [0.25, 0.3) is 0 Å². The van der Waals surface area contributed by atoms with E-state index in [1.54, 1.807) is 0 Å². The summed E-state index contributed by atoms with van der Waals surface area (Å²) in [6, 6.07) is 3.60. The first kappa shape index (κ1) is 16.8. The Hall–Kier alpha value is -1.53. The third kappa shape index (κ3) is 4.48. The first-order chi connectivity index (χ1) is 10.5. The number of hydrogen-bond acceptors (Lipinski definition) is 3. The highest BCUT2D eigenvalue weighted by Gasteiger charge is 2.27. The van der Waals surface area contributed by atoms with E-state index in [4.69, 9.17) is 10.2 Å². The minimum absolute atomic E-state index is 0.00398. The van der Waals surface area contributed by atoms with Gasteiger partial charge in [-0.2, -0.15) is 0 Å². The van der Waals surface area contributed by atoms with Crippen LogP contribution in [0.15, 0.2) is 18.2 Å². The van der Waals surface area contributed by atoms with Gasteiger partial charge in [-0.1, -0.05) is 0 Å². The van der Waals surface area contributed by atoms with Crippen LogP contribution >= 0.6 is 0 Å². The molecule has 1 saturated carbocycles. The van der Waals surface area contributed by atoms with E-state index in [9.17, 15) is 13.6 Å². The molecule has 1 unspecified atom stereocenters. The fourth-order valence-electron chi connectivity index (χ4n) is 2.91. The van der Waals surface area contributed by atoms with Crippen molar-refractivity contribution in [2.45, 2.75) is 44.2 Å². The molecule has 4 nitrogen and oxygen atoms in total. The van der Waals surface area contributed by atoms with Crippen LogP contribution in [0.1, 0.15) is 43.7 Å².